The van der Waals surface area contributed by atoms with Crippen molar-refractivity contribution in [2.24, 2.45) is 5.10 Å². The molecule has 0 saturated carbocycles. The number of carbonyl (C=O) groups excluding carboxylic acids is 3. The smallest absolute Gasteiger partial charge is 0.329 e. The number of ether oxygens (including phenoxy) is 3. The molecular formula is C25H22Cl2N4O6. The molecule has 0 heterocycles. The minimum absolute atomic E-state index is 0.225. The summed E-state index contributed by atoms with van der Waals surface area (Å²) < 4.78 is 16.0. The fraction of sp³-hybridized carbons (Fsp3) is 0.120. The van der Waals surface area contributed by atoms with Crippen molar-refractivity contribution in [1.29, 1.82) is 0 Å². The molecule has 0 unspecified atom stereocenters. The van der Waals surface area contributed by atoms with Gasteiger partial charge < -0.3 is 24.8 Å². The number of amides is 3. The van der Waals surface area contributed by atoms with Crippen LogP contribution >= 0.6 is 23.2 Å². The van der Waals surface area contributed by atoms with E-state index in [4.69, 9.17) is 37.4 Å². The van der Waals surface area contributed by atoms with Gasteiger partial charge in [0.1, 0.15) is 5.75 Å². The van der Waals surface area contributed by atoms with Crippen molar-refractivity contribution < 1.29 is 28.6 Å². The Morgan fingerprint density at radius 2 is 1.57 bits per heavy atom. The first-order valence-electron chi connectivity index (χ1n) is 10.6. The second-order valence-corrected chi connectivity index (χ2v) is 7.99. The van der Waals surface area contributed by atoms with E-state index in [1.54, 1.807) is 60.7 Å². The van der Waals surface area contributed by atoms with Gasteiger partial charge in [-0.1, -0.05) is 41.4 Å². The Morgan fingerprint density at radius 3 is 2.32 bits per heavy atom. The number of hydrogen-bond donors (Lipinski definition) is 3. The van der Waals surface area contributed by atoms with Gasteiger partial charge in [0, 0.05) is 0 Å². The number of hydrazone groups is 1. The second kappa shape index (κ2) is 13.1. The van der Waals surface area contributed by atoms with Crippen molar-refractivity contribution in [3.8, 4) is 17.2 Å². The molecule has 0 fully saturated rings. The molecule has 12 heteroatoms. The maximum absolute atomic E-state index is 12.2. The topological polar surface area (TPSA) is 127 Å². The second-order valence-electron chi connectivity index (χ2n) is 7.20. The number of hydrogen-bond acceptors (Lipinski definition) is 7. The van der Waals surface area contributed by atoms with Crippen LogP contribution in [0.3, 0.4) is 0 Å². The van der Waals surface area contributed by atoms with E-state index in [0.29, 0.717) is 39.2 Å². The summed E-state index contributed by atoms with van der Waals surface area (Å²) in [6.45, 7) is -0.315. The van der Waals surface area contributed by atoms with Crippen LogP contribution in [0, 0.1) is 0 Å². The van der Waals surface area contributed by atoms with Gasteiger partial charge in [0.2, 0.25) is 0 Å². The van der Waals surface area contributed by atoms with Gasteiger partial charge in [0.05, 0.1) is 41.9 Å². The van der Waals surface area contributed by atoms with Gasteiger partial charge >= 0.3 is 11.8 Å². The lowest BCUT2D eigenvalue weighted by Crippen LogP contribution is -2.32. The molecule has 0 radical (unpaired) electrons. The van der Waals surface area contributed by atoms with Crippen LogP contribution in [-0.4, -0.2) is 44.8 Å². The highest BCUT2D eigenvalue weighted by molar-refractivity contribution is 6.44. The highest BCUT2D eigenvalue weighted by atomic mass is 35.5. The van der Waals surface area contributed by atoms with E-state index in [-0.39, 0.29) is 11.6 Å². The van der Waals surface area contributed by atoms with Gasteiger partial charge in [-0.15, -0.1) is 0 Å². The summed E-state index contributed by atoms with van der Waals surface area (Å²) in [6.07, 6.45) is 1.31. The third-order valence-electron chi connectivity index (χ3n) is 4.71. The molecular weight excluding hydrogens is 523 g/mol. The molecule has 0 bridgehead atoms. The molecule has 0 spiro atoms. The Balaban J connectivity index is 1.55. The molecule has 3 amide bonds. The number of nitrogens with one attached hydrogen (secondary N) is 3. The number of anilines is 2. The first-order valence-corrected chi connectivity index (χ1v) is 11.4. The zero-order valence-corrected chi connectivity index (χ0v) is 21.2. The third-order valence-corrected chi connectivity index (χ3v) is 5.53. The molecule has 3 aromatic rings. The molecule has 3 N–H and O–H groups in total. The maximum Gasteiger partial charge on any atom is 0.329 e. The van der Waals surface area contributed by atoms with Gasteiger partial charge in [-0.05, 0) is 48.0 Å². The molecule has 192 valence electrons. The van der Waals surface area contributed by atoms with Crippen LogP contribution in [0.2, 0.25) is 10.0 Å². The standard InChI is InChI=1S/C25H22Cl2N4O6/c1-35-19-9-4-3-7-17(19)30-24(33)25(34)31-28-13-15-10-11-20(21(12-15)36-2)37-14-22(32)29-18-8-5-6-16(26)23(18)27/h3-13H,14H2,1-2H3,(H,29,32)(H,30,33)(H,31,34)/b28-13-. The number of rotatable bonds is 9. The summed E-state index contributed by atoms with van der Waals surface area (Å²) in [7, 11) is 2.88. The van der Waals surface area contributed by atoms with Crippen LogP contribution in [0.25, 0.3) is 0 Å². The van der Waals surface area contributed by atoms with Gasteiger partial charge in [-0.25, -0.2) is 5.43 Å². The van der Waals surface area contributed by atoms with E-state index in [1.807, 2.05) is 0 Å². The minimum atomic E-state index is -0.972. The summed E-state index contributed by atoms with van der Waals surface area (Å²) in [4.78, 5) is 36.4. The number of nitrogens with zero attached hydrogens (tertiary/aromatic N) is 1. The fourth-order valence-corrected chi connectivity index (χ4v) is 3.30. The van der Waals surface area contributed by atoms with E-state index >= 15 is 0 Å². The lowest BCUT2D eigenvalue weighted by molar-refractivity contribution is -0.136. The van der Waals surface area contributed by atoms with Crippen LogP contribution in [0.15, 0.2) is 65.8 Å². The van der Waals surface area contributed by atoms with Gasteiger partial charge in [0.15, 0.2) is 18.1 Å². The van der Waals surface area contributed by atoms with Crippen molar-refractivity contribution in [2.45, 2.75) is 0 Å². The molecule has 0 aliphatic heterocycles. The van der Waals surface area contributed by atoms with E-state index < -0.39 is 17.7 Å². The van der Waals surface area contributed by atoms with Crippen molar-refractivity contribution in [3.05, 3.63) is 76.3 Å². The number of para-hydroxylation sites is 2. The zero-order chi connectivity index (χ0) is 26.8. The highest BCUT2D eigenvalue weighted by Gasteiger charge is 2.15. The van der Waals surface area contributed by atoms with Crippen molar-refractivity contribution in [2.75, 3.05) is 31.5 Å². The number of carbonyl (C=O) groups is 3. The minimum Gasteiger partial charge on any atom is -0.495 e. The van der Waals surface area contributed by atoms with E-state index in [1.165, 1.54) is 20.4 Å². The van der Waals surface area contributed by atoms with Crippen LogP contribution in [-0.2, 0) is 14.4 Å². The third kappa shape index (κ3) is 7.60. The molecule has 0 aliphatic carbocycles. The molecule has 3 rings (SSSR count). The Bertz CT molecular complexity index is 1330. The summed E-state index contributed by atoms with van der Waals surface area (Å²) in [6, 6.07) is 16.3. The summed E-state index contributed by atoms with van der Waals surface area (Å²) >= 11 is 12.0. The Hall–Kier alpha value is -4.28. The number of benzene rings is 3. The maximum atomic E-state index is 12.2. The normalized spacial score (nSPS) is 10.5. The zero-order valence-electron chi connectivity index (χ0n) is 19.7. The number of halogens is 2. The average Bonchev–Trinajstić information content (AvgIpc) is 2.90. The van der Waals surface area contributed by atoms with Gasteiger partial charge in [-0.2, -0.15) is 5.10 Å². The van der Waals surface area contributed by atoms with E-state index in [0.717, 1.165) is 0 Å². The SMILES string of the molecule is COc1ccccc1NC(=O)C(=O)N/N=C\c1ccc(OCC(=O)Nc2cccc(Cl)c2Cl)c(OC)c1. The van der Waals surface area contributed by atoms with Crippen molar-refractivity contribution in [3.63, 3.8) is 0 Å². The molecule has 0 aromatic heterocycles. The molecule has 0 atom stereocenters. The Kier molecular flexibility index (Phi) is 9.70. The van der Waals surface area contributed by atoms with Crippen molar-refractivity contribution in [1.82, 2.24) is 5.43 Å². The van der Waals surface area contributed by atoms with Crippen molar-refractivity contribution >= 4 is 58.5 Å². The fourth-order valence-electron chi connectivity index (χ4n) is 2.96. The average molecular weight is 545 g/mol. The lowest BCUT2D eigenvalue weighted by Gasteiger charge is -2.12. The molecule has 3 aromatic carbocycles. The molecule has 10 nitrogen and oxygen atoms in total. The largest absolute Gasteiger partial charge is 0.495 e. The van der Waals surface area contributed by atoms with E-state index in [2.05, 4.69) is 21.2 Å². The summed E-state index contributed by atoms with van der Waals surface area (Å²) in [5, 5.41) is 9.39. The first kappa shape index (κ1) is 27.3. The summed E-state index contributed by atoms with van der Waals surface area (Å²) in [5.41, 5.74) is 3.38. The number of methoxy groups -OCH3 is 2. The first-order chi connectivity index (χ1) is 17.8. The monoisotopic (exact) mass is 544 g/mol. The van der Waals surface area contributed by atoms with Gasteiger partial charge in [0.25, 0.3) is 5.91 Å². The van der Waals surface area contributed by atoms with E-state index in [9.17, 15) is 14.4 Å². The molecule has 37 heavy (non-hydrogen) atoms. The predicted octanol–water partition coefficient (Wildman–Crippen LogP) is 4.12. The highest BCUT2D eigenvalue weighted by Crippen LogP contribution is 2.30. The van der Waals surface area contributed by atoms with Gasteiger partial charge in [-0.3, -0.25) is 14.4 Å². The summed E-state index contributed by atoms with van der Waals surface area (Å²) in [5.74, 6) is -1.32. The van der Waals surface area contributed by atoms with Crippen LogP contribution in [0.1, 0.15) is 5.56 Å². The Morgan fingerprint density at radius 1 is 0.838 bits per heavy atom. The predicted molar refractivity (Wildman–Crippen MR) is 141 cm³/mol. The lowest BCUT2D eigenvalue weighted by atomic mass is 10.2. The van der Waals surface area contributed by atoms with Crippen LogP contribution in [0.4, 0.5) is 11.4 Å². The Labute approximate surface area is 222 Å². The van der Waals surface area contributed by atoms with Crippen LogP contribution in [0.5, 0.6) is 17.2 Å². The quantitative estimate of drug-likeness (QED) is 0.211. The molecule has 0 saturated heterocycles. The van der Waals surface area contributed by atoms with Crippen LogP contribution < -0.4 is 30.3 Å². The molecule has 0 aliphatic rings.